The highest BCUT2D eigenvalue weighted by Gasteiger charge is 2.38. The summed E-state index contributed by atoms with van der Waals surface area (Å²) in [5.41, 5.74) is 5.45. The number of anilines is 1. The standard InChI is InChI=1S/C11H19N5O2S2/c1-16-8-3-2-4-9(16)6-7(5-8)15-20(17,18)11-14-13-10(12)19-11/h7-9,15H,2-6H2,1H3,(H2,12,13). The van der Waals surface area contributed by atoms with Gasteiger partial charge in [0.15, 0.2) is 0 Å². The second-order valence-corrected chi connectivity index (χ2v) is 8.50. The molecule has 0 radical (unpaired) electrons. The molecule has 2 aliphatic heterocycles. The Hall–Kier alpha value is -0.770. The summed E-state index contributed by atoms with van der Waals surface area (Å²) in [5.74, 6) is 0. The van der Waals surface area contributed by atoms with Crippen molar-refractivity contribution < 1.29 is 8.42 Å². The predicted molar refractivity (Wildman–Crippen MR) is 76.9 cm³/mol. The lowest BCUT2D eigenvalue weighted by atomic mass is 9.83. The number of hydrogen-bond acceptors (Lipinski definition) is 7. The van der Waals surface area contributed by atoms with Gasteiger partial charge < -0.3 is 10.6 Å². The highest BCUT2D eigenvalue weighted by molar-refractivity contribution is 7.91. The molecule has 0 spiro atoms. The number of sulfonamides is 1. The fourth-order valence-electron chi connectivity index (χ4n) is 3.31. The normalized spacial score (nSPS) is 31.4. The molecule has 3 rings (SSSR count). The van der Waals surface area contributed by atoms with Crippen molar-refractivity contribution in [1.82, 2.24) is 19.8 Å². The summed E-state index contributed by atoms with van der Waals surface area (Å²) in [6.07, 6.45) is 5.26. The highest BCUT2D eigenvalue weighted by Crippen LogP contribution is 2.33. The number of nitrogens with zero attached hydrogens (tertiary/aromatic N) is 3. The maximum atomic E-state index is 12.2. The Bertz CT molecular complexity index is 573. The molecule has 9 heteroatoms. The first-order chi connectivity index (χ1) is 9.45. The maximum Gasteiger partial charge on any atom is 0.270 e. The quantitative estimate of drug-likeness (QED) is 0.837. The van der Waals surface area contributed by atoms with Crippen molar-refractivity contribution in [2.45, 2.75) is 54.6 Å². The van der Waals surface area contributed by atoms with Crippen molar-refractivity contribution in [2.24, 2.45) is 0 Å². The molecule has 3 N–H and O–H groups in total. The molecule has 7 nitrogen and oxygen atoms in total. The number of aromatic nitrogens is 2. The molecule has 2 bridgehead atoms. The summed E-state index contributed by atoms with van der Waals surface area (Å²) in [5, 5.41) is 7.36. The van der Waals surface area contributed by atoms with Gasteiger partial charge in [-0.1, -0.05) is 17.8 Å². The van der Waals surface area contributed by atoms with Crippen molar-refractivity contribution in [3.8, 4) is 0 Å². The van der Waals surface area contributed by atoms with Gasteiger partial charge in [0.2, 0.25) is 9.47 Å². The second kappa shape index (κ2) is 5.21. The van der Waals surface area contributed by atoms with E-state index in [2.05, 4.69) is 26.9 Å². The van der Waals surface area contributed by atoms with E-state index in [1.807, 2.05) is 0 Å². The van der Waals surface area contributed by atoms with Crippen LogP contribution >= 0.6 is 11.3 Å². The molecule has 2 aliphatic rings. The number of nitrogens with one attached hydrogen (secondary N) is 1. The Kier molecular flexibility index (Phi) is 3.69. The van der Waals surface area contributed by atoms with Gasteiger partial charge in [0.25, 0.3) is 10.0 Å². The molecule has 112 valence electrons. The van der Waals surface area contributed by atoms with Crippen molar-refractivity contribution in [1.29, 1.82) is 0 Å². The second-order valence-electron chi connectivity index (χ2n) is 5.60. The van der Waals surface area contributed by atoms with E-state index in [9.17, 15) is 8.42 Å². The number of nitrogen functional groups attached to an aromatic ring is 1. The average Bonchev–Trinajstić information content (AvgIpc) is 2.78. The van der Waals surface area contributed by atoms with Gasteiger partial charge in [-0.3, -0.25) is 0 Å². The summed E-state index contributed by atoms with van der Waals surface area (Å²) in [6.45, 7) is 0. The van der Waals surface area contributed by atoms with Gasteiger partial charge in [-0.2, -0.15) is 0 Å². The topological polar surface area (TPSA) is 101 Å². The summed E-state index contributed by atoms with van der Waals surface area (Å²) < 4.78 is 27.2. The van der Waals surface area contributed by atoms with Crippen molar-refractivity contribution >= 4 is 26.5 Å². The van der Waals surface area contributed by atoms with Crippen molar-refractivity contribution in [3.63, 3.8) is 0 Å². The van der Waals surface area contributed by atoms with E-state index in [0.717, 1.165) is 37.0 Å². The van der Waals surface area contributed by atoms with Gasteiger partial charge in [0.05, 0.1) is 0 Å². The molecule has 3 heterocycles. The molecule has 2 unspecified atom stereocenters. The van der Waals surface area contributed by atoms with Gasteiger partial charge in [0.1, 0.15) is 0 Å². The van der Waals surface area contributed by atoms with Crippen LogP contribution in [-0.2, 0) is 10.0 Å². The van der Waals surface area contributed by atoms with Gasteiger partial charge in [-0.15, -0.1) is 10.2 Å². The zero-order valence-corrected chi connectivity index (χ0v) is 13.0. The molecule has 2 atom stereocenters. The zero-order valence-electron chi connectivity index (χ0n) is 11.3. The number of fused-ring (bicyclic) bond motifs is 2. The first-order valence-electron chi connectivity index (χ1n) is 6.79. The fourth-order valence-corrected chi connectivity index (χ4v) is 5.37. The monoisotopic (exact) mass is 317 g/mol. The van der Waals surface area contributed by atoms with E-state index in [-0.39, 0.29) is 15.5 Å². The van der Waals surface area contributed by atoms with Crippen LogP contribution in [0.5, 0.6) is 0 Å². The predicted octanol–water partition coefficient (Wildman–Crippen LogP) is 0.414. The lowest BCUT2D eigenvalue weighted by Gasteiger charge is -2.47. The molecule has 2 saturated heterocycles. The summed E-state index contributed by atoms with van der Waals surface area (Å²) in [6, 6.07) is 0.945. The van der Waals surface area contributed by atoms with Crippen LogP contribution in [0.3, 0.4) is 0 Å². The van der Waals surface area contributed by atoms with Crippen LogP contribution in [0.15, 0.2) is 4.34 Å². The number of rotatable bonds is 3. The van der Waals surface area contributed by atoms with Crippen LogP contribution < -0.4 is 10.5 Å². The molecule has 0 saturated carbocycles. The summed E-state index contributed by atoms with van der Waals surface area (Å²) in [7, 11) is -1.45. The van der Waals surface area contributed by atoms with Crippen molar-refractivity contribution in [2.75, 3.05) is 12.8 Å². The van der Waals surface area contributed by atoms with Gasteiger partial charge in [-0.25, -0.2) is 13.1 Å². The molecule has 1 aromatic rings. The molecule has 0 amide bonds. The molecular weight excluding hydrogens is 298 g/mol. The van der Waals surface area contributed by atoms with Crippen molar-refractivity contribution in [3.05, 3.63) is 0 Å². The van der Waals surface area contributed by atoms with E-state index < -0.39 is 10.0 Å². The first-order valence-corrected chi connectivity index (χ1v) is 9.09. The molecule has 0 aliphatic carbocycles. The molecule has 1 aromatic heterocycles. The Morgan fingerprint density at radius 2 is 1.95 bits per heavy atom. The maximum absolute atomic E-state index is 12.2. The Morgan fingerprint density at radius 3 is 2.50 bits per heavy atom. The Balaban J connectivity index is 1.72. The van der Waals surface area contributed by atoms with Crippen LogP contribution in [0.1, 0.15) is 32.1 Å². The van der Waals surface area contributed by atoms with Crippen LogP contribution in [0.25, 0.3) is 0 Å². The molecule has 2 fully saturated rings. The van der Waals surface area contributed by atoms with Crippen LogP contribution in [0, 0.1) is 0 Å². The minimum Gasteiger partial charge on any atom is -0.374 e. The highest BCUT2D eigenvalue weighted by atomic mass is 32.2. The lowest BCUT2D eigenvalue weighted by Crippen LogP contribution is -2.55. The lowest BCUT2D eigenvalue weighted by molar-refractivity contribution is 0.0536. The van der Waals surface area contributed by atoms with Crippen LogP contribution in [-0.4, -0.2) is 48.7 Å². The molecule has 0 aromatic carbocycles. The van der Waals surface area contributed by atoms with Crippen LogP contribution in [0.2, 0.25) is 0 Å². The number of hydrogen-bond donors (Lipinski definition) is 2. The summed E-state index contributed by atoms with van der Waals surface area (Å²) in [4.78, 5) is 2.40. The van der Waals surface area contributed by atoms with E-state index in [0.29, 0.717) is 12.1 Å². The van der Waals surface area contributed by atoms with E-state index in [4.69, 9.17) is 5.73 Å². The third-order valence-corrected chi connectivity index (χ3v) is 6.95. The summed E-state index contributed by atoms with van der Waals surface area (Å²) >= 11 is 0.900. The third kappa shape index (κ3) is 2.67. The first kappa shape index (κ1) is 14.2. The van der Waals surface area contributed by atoms with E-state index >= 15 is 0 Å². The van der Waals surface area contributed by atoms with E-state index in [1.54, 1.807) is 0 Å². The van der Waals surface area contributed by atoms with E-state index in [1.165, 1.54) is 6.42 Å². The third-order valence-electron chi connectivity index (χ3n) is 4.31. The SMILES string of the molecule is CN1C2CCCC1CC(NS(=O)(=O)c1nnc(N)s1)C2. The smallest absolute Gasteiger partial charge is 0.270 e. The largest absolute Gasteiger partial charge is 0.374 e. The minimum absolute atomic E-state index is 0.0170. The number of nitrogens with two attached hydrogens (primary N) is 1. The Morgan fingerprint density at radius 1 is 1.30 bits per heavy atom. The fraction of sp³-hybridized carbons (Fsp3) is 0.818. The number of piperidine rings is 2. The zero-order chi connectivity index (χ0) is 14.3. The van der Waals surface area contributed by atoms with Gasteiger partial charge >= 0.3 is 0 Å². The molecule has 20 heavy (non-hydrogen) atoms. The minimum atomic E-state index is -3.59. The average molecular weight is 317 g/mol. The molecular formula is C11H19N5O2S2. The van der Waals surface area contributed by atoms with Gasteiger partial charge in [-0.05, 0) is 32.7 Å². The van der Waals surface area contributed by atoms with Gasteiger partial charge in [0, 0.05) is 18.1 Å². The Labute approximate surface area is 122 Å². The van der Waals surface area contributed by atoms with Crippen LogP contribution in [0.4, 0.5) is 5.13 Å².